The second kappa shape index (κ2) is 6.71. The van der Waals surface area contributed by atoms with Gasteiger partial charge in [0.1, 0.15) is 0 Å². The number of carbonyl (C=O) groups excluding carboxylic acids is 1. The van der Waals surface area contributed by atoms with Crippen molar-refractivity contribution in [2.75, 3.05) is 13.7 Å². The van der Waals surface area contributed by atoms with Gasteiger partial charge in [0, 0.05) is 12.5 Å². The Morgan fingerprint density at radius 3 is 2.77 bits per heavy atom. The van der Waals surface area contributed by atoms with Crippen LogP contribution in [0.4, 0.5) is 0 Å². The fourth-order valence-electron chi connectivity index (χ4n) is 2.87. The molecule has 0 radical (unpaired) electrons. The van der Waals surface area contributed by atoms with Gasteiger partial charge in [-0.15, -0.1) is 0 Å². The van der Waals surface area contributed by atoms with Gasteiger partial charge < -0.3 is 10.1 Å². The Balaban J connectivity index is 1.95. The SMILES string of the molecule is COC(=O)c1ccc(C2CCCN2)nc1Cc1ccccc1. The van der Waals surface area contributed by atoms with Crippen LogP contribution in [-0.2, 0) is 11.2 Å². The van der Waals surface area contributed by atoms with E-state index in [-0.39, 0.29) is 5.97 Å². The molecule has 2 aromatic rings. The van der Waals surface area contributed by atoms with Gasteiger partial charge >= 0.3 is 5.97 Å². The van der Waals surface area contributed by atoms with E-state index in [4.69, 9.17) is 9.72 Å². The maximum absolute atomic E-state index is 12.0. The third kappa shape index (κ3) is 3.17. The third-order valence-electron chi connectivity index (χ3n) is 4.03. The number of ether oxygens (including phenoxy) is 1. The first-order valence-corrected chi connectivity index (χ1v) is 7.63. The molecule has 4 nitrogen and oxygen atoms in total. The summed E-state index contributed by atoms with van der Waals surface area (Å²) < 4.78 is 4.89. The van der Waals surface area contributed by atoms with Gasteiger partial charge in [-0.3, -0.25) is 4.98 Å². The Morgan fingerprint density at radius 2 is 2.09 bits per heavy atom. The van der Waals surface area contributed by atoms with Crippen LogP contribution in [0.5, 0.6) is 0 Å². The lowest BCUT2D eigenvalue weighted by molar-refractivity contribution is 0.0599. The zero-order chi connectivity index (χ0) is 15.4. The van der Waals surface area contributed by atoms with Crippen LogP contribution in [0, 0.1) is 0 Å². The number of nitrogens with one attached hydrogen (secondary N) is 1. The molecule has 4 heteroatoms. The van der Waals surface area contributed by atoms with E-state index < -0.39 is 0 Å². The lowest BCUT2D eigenvalue weighted by Gasteiger charge is -2.14. The van der Waals surface area contributed by atoms with E-state index in [1.807, 2.05) is 42.5 Å². The Bertz CT molecular complexity index is 649. The van der Waals surface area contributed by atoms with Crippen molar-refractivity contribution in [1.82, 2.24) is 10.3 Å². The molecule has 1 unspecified atom stereocenters. The predicted molar refractivity (Wildman–Crippen MR) is 84.8 cm³/mol. The van der Waals surface area contributed by atoms with Crippen LogP contribution in [0.2, 0.25) is 0 Å². The highest BCUT2D eigenvalue weighted by Gasteiger charge is 2.21. The molecule has 1 atom stereocenters. The van der Waals surface area contributed by atoms with Crippen molar-refractivity contribution in [3.63, 3.8) is 0 Å². The minimum Gasteiger partial charge on any atom is -0.465 e. The number of carbonyl (C=O) groups is 1. The average molecular weight is 296 g/mol. The fraction of sp³-hybridized carbons (Fsp3) is 0.333. The van der Waals surface area contributed by atoms with Crippen molar-refractivity contribution in [3.05, 3.63) is 65.0 Å². The minimum absolute atomic E-state index is 0.293. The van der Waals surface area contributed by atoms with Crippen molar-refractivity contribution in [2.45, 2.75) is 25.3 Å². The molecule has 0 saturated carbocycles. The van der Waals surface area contributed by atoms with Gasteiger partial charge in [-0.05, 0) is 37.1 Å². The summed E-state index contributed by atoms with van der Waals surface area (Å²) in [5.74, 6) is -0.329. The minimum atomic E-state index is -0.329. The number of nitrogens with zero attached hydrogens (tertiary/aromatic N) is 1. The molecule has 1 N–H and O–H groups in total. The van der Waals surface area contributed by atoms with Crippen LogP contribution >= 0.6 is 0 Å². The van der Waals surface area contributed by atoms with E-state index in [2.05, 4.69) is 5.32 Å². The van der Waals surface area contributed by atoms with Gasteiger partial charge in [0.2, 0.25) is 0 Å². The maximum Gasteiger partial charge on any atom is 0.339 e. The van der Waals surface area contributed by atoms with E-state index >= 15 is 0 Å². The summed E-state index contributed by atoms with van der Waals surface area (Å²) in [4.78, 5) is 16.7. The molecule has 114 valence electrons. The van der Waals surface area contributed by atoms with Crippen molar-refractivity contribution in [1.29, 1.82) is 0 Å². The number of aromatic nitrogens is 1. The van der Waals surface area contributed by atoms with Crippen LogP contribution < -0.4 is 5.32 Å². The first-order chi connectivity index (χ1) is 10.8. The highest BCUT2D eigenvalue weighted by Crippen LogP contribution is 2.23. The molecule has 0 bridgehead atoms. The van der Waals surface area contributed by atoms with E-state index in [1.54, 1.807) is 0 Å². The Labute approximate surface area is 130 Å². The maximum atomic E-state index is 12.0. The van der Waals surface area contributed by atoms with E-state index in [0.717, 1.165) is 29.9 Å². The molecule has 1 saturated heterocycles. The van der Waals surface area contributed by atoms with Crippen LogP contribution in [-0.4, -0.2) is 24.6 Å². The summed E-state index contributed by atoms with van der Waals surface area (Å²) in [6, 6.07) is 14.1. The van der Waals surface area contributed by atoms with Gasteiger partial charge in [0.25, 0.3) is 0 Å². The van der Waals surface area contributed by atoms with Crippen LogP contribution in [0.25, 0.3) is 0 Å². The molecule has 1 aromatic carbocycles. The van der Waals surface area contributed by atoms with Gasteiger partial charge in [-0.25, -0.2) is 4.79 Å². The smallest absolute Gasteiger partial charge is 0.339 e. The number of benzene rings is 1. The van der Waals surface area contributed by atoms with Gasteiger partial charge in [0.05, 0.1) is 24.1 Å². The van der Waals surface area contributed by atoms with E-state index in [1.165, 1.54) is 13.5 Å². The average Bonchev–Trinajstić information content (AvgIpc) is 3.09. The number of esters is 1. The monoisotopic (exact) mass is 296 g/mol. The lowest BCUT2D eigenvalue weighted by Crippen LogP contribution is -2.17. The lowest BCUT2D eigenvalue weighted by atomic mass is 10.0. The first kappa shape index (κ1) is 14.7. The van der Waals surface area contributed by atoms with Crippen molar-refractivity contribution in [3.8, 4) is 0 Å². The highest BCUT2D eigenvalue weighted by atomic mass is 16.5. The van der Waals surface area contributed by atoms with Gasteiger partial charge in [0.15, 0.2) is 0 Å². The van der Waals surface area contributed by atoms with E-state index in [0.29, 0.717) is 18.0 Å². The second-order valence-corrected chi connectivity index (χ2v) is 5.53. The standard InChI is InChI=1S/C18H20N2O2/c1-22-18(21)14-9-10-16(15-8-5-11-19-15)20-17(14)12-13-6-3-2-4-7-13/h2-4,6-7,9-10,15,19H,5,8,11-12H2,1H3. The van der Waals surface area contributed by atoms with Gasteiger partial charge in [-0.2, -0.15) is 0 Å². The largest absolute Gasteiger partial charge is 0.465 e. The quantitative estimate of drug-likeness (QED) is 0.881. The number of hydrogen-bond acceptors (Lipinski definition) is 4. The zero-order valence-electron chi connectivity index (χ0n) is 12.7. The molecule has 1 aliphatic heterocycles. The molecule has 1 aliphatic rings. The second-order valence-electron chi connectivity index (χ2n) is 5.53. The Morgan fingerprint density at radius 1 is 1.27 bits per heavy atom. The molecular formula is C18H20N2O2. The van der Waals surface area contributed by atoms with E-state index in [9.17, 15) is 4.79 Å². The summed E-state index contributed by atoms with van der Waals surface area (Å²) in [5.41, 5.74) is 3.48. The molecule has 22 heavy (non-hydrogen) atoms. The highest BCUT2D eigenvalue weighted by molar-refractivity contribution is 5.90. The summed E-state index contributed by atoms with van der Waals surface area (Å²) in [5, 5.41) is 3.45. The molecule has 0 amide bonds. The molecule has 0 spiro atoms. The predicted octanol–water partition coefficient (Wildman–Crippen LogP) is 2.88. The Hall–Kier alpha value is -2.20. The van der Waals surface area contributed by atoms with Crippen LogP contribution in [0.1, 0.15) is 46.2 Å². The fourth-order valence-corrected chi connectivity index (χ4v) is 2.87. The molecule has 1 aromatic heterocycles. The van der Waals surface area contributed by atoms with Crippen LogP contribution in [0.3, 0.4) is 0 Å². The van der Waals surface area contributed by atoms with Crippen molar-refractivity contribution in [2.24, 2.45) is 0 Å². The summed E-state index contributed by atoms with van der Waals surface area (Å²) in [6.45, 7) is 1.03. The summed E-state index contributed by atoms with van der Waals surface area (Å²) in [7, 11) is 1.40. The number of pyridine rings is 1. The Kier molecular flexibility index (Phi) is 4.49. The molecule has 0 aliphatic carbocycles. The summed E-state index contributed by atoms with van der Waals surface area (Å²) >= 11 is 0. The number of rotatable bonds is 4. The molecule has 2 heterocycles. The molecule has 3 rings (SSSR count). The summed E-state index contributed by atoms with van der Waals surface area (Å²) in [6.07, 6.45) is 2.89. The van der Waals surface area contributed by atoms with Crippen LogP contribution in [0.15, 0.2) is 42.5 Å². The normalized spacial score (nSPS) is 17.4. The number of hydrogen-bond donors (Lipinski definition) is 1. The third-order valence-corrected chi connectivity index (χ3v) is 4.03. The van der Waals surface area contributed by atoms with Crippen molar-refractivity contribution >= 4 is 5.97 Å². The topological polar surface area (TPSA) is 51.2 Å². The first-order valence-electron chi connectivity index (χ1n) is 7.63. The van der Waals surface area contributed by atoms with Crippen molar-refractivity contribution < 1.29 is 9.53 Å². The van der Waals surface area contributed by atoms with Gasteiger partial charge in [-0.1, -0.05) is 30.3 Å². The molecule has 1 fully saturated rings. The zero-order valence-corrected chi connectivity index (χ0v) is 12.7. The molecular weight excluding hydrogens is 276 g/mol. The number of methoxy groups -OCH3 is 1.